The van der Waals surface area contributed by atoms with E-state index in [0.29, 0.717) is 12.2 Å². The Labute approximate surface area is 118 Å². The summed E-state index contributed by atoms with van der Waals surface area (Å²) in [5.74, 6) is -1.39. The third kappa shape index (κ3) is 2.71. The number of nitrogens with zero attached hydrogens (tertiary/aromatic N) is 2. The Balaban J connectivity index is 2.34. The van der Waals surface area contributed by atoms with Gasteiger partial charge in [-0.2, -0.15) is 5.26 Å². The van der Waals surface area contributed by atoms with Crippen molar-refractivity contribution in [2.45, 2.75) is 25.3 Å². The van der Waals surface area contributed by atoms with E-state index in [1.165, 1.54) is 0 Å². The van der Waals surface area contributed by atoms with Crippen LogP contribution in [0.3, 0.4) is 0 Å². The Morgan fingerprint density at radius 3 is 3.00 bits per heavy atom. The van der Waals surface area contributed by atoms with Crippen LogP contribution in [0.4, 0.5) is 10.1 Å². The smallest absolute Gasteiger partial charge is 0.305 e. The molecule has 0 radical (unpaired) electrons. The summed E-state index contributed by atoms with van der Waals surface area (Å²) >= 11 is 3.07. The van der Waals surface area contributed by atoms with Gasteiger partial charge < -0.3 is 10.0 Å². The maximum absolute atomic E-state index is 14.2. The molecule has 19 heavy (non-hydrogen) atoms. The average molecular weight is 327 g/mol. The van der Waals surface area contributed by atoms with Crippen LogP contribution >= 0.6 is 15.9 Å². The molecule has 0 aliphatic carbocycles. The number of benzene rings is 1. The quantitative estimate of drug-likeness (QED) is 0.927. The molecule has 1 atom stereocenters. The van der Waals surface area contributed by atoms with Crippen LogP contribution in [-0.4, -0.2) is 23.7 Å². The van der Waals surface area contributed by atoms with Crippen LogP contribution in [0.25, 0.3) is 0 Å². The summed E-state index contributed by atoms with van der Waals surface area (Å²) in [6, 6.07) is 4.79. The van der Waals surface area contributed by atoms with Crippen LogP contribution in [-0.2, 0) is 4.79 Å². The summed E-state index contributed by atoms with van der Waals surface area (Å²) in [4.78, 5) is 12.6. The van der Waals surface area contributed by atoms with Gasteiger partial charge in [0.05, 0.1) is 22.1 Å². The van der Waals surface area contributed by atoms with Gasteiger partial charge in [-0.05, 0) is 40.9 Å². The van der Waals surface area contributed by atoms with Gasteiger partial charge in [0, 0.05) is 12.6 Å². The second-order valence-electron chi connectivity index (χ2n) is 4.46. The van der Waals surface area contributed by atoms with Crippen molar-refractivity contribution in [2.75, 3.05) is 11.4 Å². The summed E-state index contributed by atoms with van der Waals surface area (Å²) in [6.45, 7) is 0.632. The minimum absolute atomic E-state index is 0.00292. The first-order chi connectivity index (χ1) is 9.04. The maximum Gasteiger partial charge on any atom is 0.305 e. The van der Waals surface area contributed by atoms with Crippen LogP contribution in [0.2, 0.25) is 0 Å². The number of halogens is 2. The van der Waals surface area contributed by atoms with Crippen molar-refractivity contribution < 1.29 is 14.3 Å². The Kier molecular flexibility index (Phi) is 4.05. The zero-order valence-electron chi connectivity index (χ0n) is 10.1. The van der Waals surface area contributed by atoms with Crippen molar-refractivity contribution in [1.82, 2.24) is 0 Å². The third-order valence-electron chi connectivity index (χ3n) is 3.28. The fraction of sp³-hybridized carbons (Fsp3) is 0.385. The Morgan fingerprint density at radius 1 is 1.63 bits per heavy atom. The molecular formula is C13H12BrFN2O2. The zero-order valence-corrected chi connectivity index (χ0v) is 11.7. The minimum atomic E-state index is -0.884. The first-order valence-electron chi connectivity index (χ1n) is 5.91. The van der Waals surface area contributed by atoms with E-state index in [1.807, 2.05) is 6.07 Å². The highest BCUT2D eigenvalue weighted by atomic mass is 79.9. The summed E-state index contributed by atoms with van der Waals surface area (Å²) in [7, 11) is 0. The monoisotopic (exact) mass is 326 g/mol. The molecule has 1 aliphatic rings. The van der Waals surface area contributed by atoms with Crippen LogP contribution in [0.1, 0.15) is 24.8 Å². The zero-order chi connectivity index (χ0) is 14.0. The summed E-state index contributed by atoms with van der Waals surface area (Å²) in [6.07, 6.45) is 1.58. The van der Waals surface area contributed by atoms with Crippen molar-refractivity contribution in [3.8, 4) is 6.07 Å². The second kappa shape index (κ2) is 5.57. The van der Waals surface area contributed by atoms with Gasteiger partial charge in [-0.1, -0.05) is 0 Å². The molecule has 1 aromatic carbocycles. The molecule has 0 aromatic heterocycles. The molecule has 0 amide bonds. The van der Waals surface area contributed by atoms with Crippen LogP contribution in [0.5, 0.6) is 0 Å². The number of aliphatic carboxylic acids is 1. The standard InChI is InChI=1S/C13H12BrFN2O2/c14-12-8(7-16)3-4-10(13(12)15)17-5-1-2-9(17)6-11(18)19/h3-4,9H,1-2,5-6H2,(H,18,19). The highest BCUT2D eigenvalue weighted by Gasteiger charge is 2.29. The van der Waals surface area contributed by atoms with Crippen molar-refractivity contribution in [3.63, 3.8) is 0 Å². The van der Waals surface area contributed by atoms with E-state index in [1.54, 1.807) is 17.0 Å². The number of hydrogen-bond acceptors (Lipinski definition) is 3. The molecule has 0 bridgehead atoms. The SMILES string of the molecule is N#Cc1ccc(N2CCCC2CC(=O)O)c(F)c1Br. The molecule has 1 aliphatic heterocycles. The van der Waals surface area contributed by atoms with E-state index in [0.717, 1.165) is 12.8 Å². The van der Waals surface area contributed by atoms with E-state index in [4.69, 9.17) is 10.4 Å². The summed E-state index contributed by atoms with van der Waals surface area (Å²) in [5, 5.41) is 17.7. The normalized spacial score (nSPS) is 18.4. The fourth-order valence-electron chi connectivity index (χ4n) is 2.41. The lowest BCUT2D eigenvalue weighted by Gasteiger charge is -2.26. The van der Waals surface area contributed by atoms with Crippen molar-refractivity contribution in [2.24, 2.45) is 0 Å². The van der Waals surface area contributed by atoms with Crippen molar-refractivity contribution >= 4 is 27.6 Å². The fourth-order valence-corrected chi connectivity index (χ4v) is 2.84. The summed E-state index contributed by atoms with van der Waals surface area (Å²) < 4.78 is 14.4. The van der Waals surface area contributed by atoms with Gasteiger partial charge in [0.1, 0.15) is 6.07 Å². The van der Waals surface area contributed by atoms with Crippen molar-refractivity contribution in [1.29, 1.82) is 5.26 Å². The molecule has 1 N–H and O–H groups in total. The predicted molar refractivity (Wildman–Crippen MR) is 71.4 cm³/mol. The lowest BCUT2D eigenvalue weighted by Crippen LogP contribution is -2.32. The van der Waals surface area contributed by atoms with Gasteiger partial charge in [-0.3, -0.25) is 4.79 Å². The molecular weight excluding hydrogens is 315 g/mol. The van der Waals surface area contributed by atoms with E-state index in [-0.39, 0.29) is 22.5 Å². The molecule has 1 saturated heterocycles. The molecule has 6 heteroatoms. The number of carbonyl (C=O) groups is 1. The van der Waals surface area contributed by atoms with E-state index < -0.39 is 11.8 Å². The first kappa shape index (κ1) is 13.8. The third-order valence-corrected chi connectivity index (χ3v) is 4.05. The molecule has 0 spiro atoms. The number of nitriles is 1. The topological polar surface area (TPSA) is 64.3 Å². The molecule has 2 rings (SSSR count). The van der Waals surface area contributed by atoms with E-state index in [9.17, 15) is 9.18 Å². The minimum Gasteiger partial charge on any atom is -0.481 e. The second-order valence-corrected chi connectivity index (χ2v) is 5.25. The lowest BCUT2D eigenvalue weighted by atomic mass is 10.1. The number of rotatable bonds is 3. The number of carboxylic acids is 1. The number of anilines is 1. The molecule has 100 valence electrons. The largest absolute Gasteiger partial charge is 0.481 e. The highest BCUT2D eigenvalue weighted by Crippen LogP contribution is 2.34. The van der Waals surface area contributed by atoms with Crippen LogP contribution in [0, 0.1) is 17.1 Å². The number of carboxylic acid groups (broad SMARTS) is 1. The van der Waals surface area contributed by atoms with Gasteiger partial charge in [0.25, 0.3) is 0 Å². The van der Waals surface area contributed by atoms with E-state index in [2.05, 4.69) is 15.9 Å². The molecule has 1 aromatic rings. The Bertz CT molecular complexity index is 556. The van der Waals surface area contributed by atoms with Gasteiger partial charge in [0.2, 0.25) is 0 Å². The average Bonchev–Trinajstić information content (AvgIpc) is 2.80. The molecule has 1 unspecified atom stereocenters. The highest BCUT2D eigenvalue weighted by molar-refractivity contribution is 9.10. The summed E-state index contributed by atoms with van der Waals surface area (Å²) in [5.41, 5.74) is 0.588. The molecule has 1 fully saturated rings. The predicted octanol–water partition coefficient (Wildman–Crippen LogP) is 2.90. The van der Waals surface area contributed by atoms with Gasteiger partial charge >= 0.3 is 5.97 Å². The van der Waals surface area contributed by atoms with Gasteiger partial charge in [-0.25, -0.2) is 4.39 Å². The molecule has 1 heterocycles. The van der Waals surface area contributed by atoms with Crippen molar-refractivity contribution in [3.05, 3.63) is 28.0 Å². The van der Waals surface area contributed by atoms with Crippen LogP contribution in [0.15, 0.2) is 16.6 Å². The van der Waals surface area contributed by atoms with Gasteiger partial charge in [0.15, 0.2) is 5.82 Å². The van der Waals surface area contributed by atoms with E-state index >= 15 is 0 Å². The Hall–Kier alpha value is -1.61. The van der Waals surface area contributed by atoms with Gasteiger partial charge in [-0.15, -0.1) is 0 Å². The molecule has 0 saturated carbocycles. The maximum atomic E-state index is 14.2. The lowest BCUT2D eigenvalue weighted by molar-refractivity contribution is -0.137. The number of hydrogen-bond donors (Lipinski definition) is 1. The molecule has 4 nitrogen and oxygen atoms in total. The van der Waals surface area contributed by atoms with Crippen LogP contribution < -0.4 is 4.90 Å². The first-order valence-corrected chi connectivity index (χ1v) is 6.70. The Morgan fingerprint density at radius 2 is 2.37 bits per heavy atom.